The maximum Gasteiger partial charge on any atom is 0.227 e. The summed E-state index contributed by atoms with van der Waals surface area (Å²) in [6.07, 6.45) is 4.97. The van der Waals surface area contributed by atoms with Crippen molar-refractivity contribution in [3.05, 3.63) is 24.3 Å². The summed E-state index contributed by atoms with van der Waals surface area (Å²) in [5.41, 5.74) is 0.761. The lowest BCUT2D eigenvalue weighted by atomic mass is 10.0. The van der Waals surface area contributed by atoms with Crippen molar-refractivity contribution in [3.8, 4) is 5.75 Å². The minimum absolute atomic E-state index is 0.00847. The van der Waals surface area contributed by atoms with E-state index in [1.54, 1.807) is 4.90 Å². The third-order valence-corrected chi connectivity index (χ3v) is 5.89. The topological polar surface area (TPSA) is 61.9 Å². The molecule has 0 bridgehead atoms. The second-order valence-corrected chi connectivity index (χ2v) is 7.86. The van der Waals surface area contributed by atoms with Crippen LogP contribution in [0.1, 0.15) is 39.0 Å². The molecule has 3 fully saturated rings. The Labute approximate surface area is 160 Å². The summed E-state index contributed by atoms with van der Waals surface area (Å²) >= 11 is 0. The normalized spacial score (nSPS) is 24.3. The Balaban J connectivity index is 1.34. The first-order valence-electron chi connectivity index (χ1n) is 10.2. The number of benzene rings is 1. The van der Waals surface area contributed by atoms with Crippen molar-refractivity contribution in [3.63, 3.8) is 0 Å². The van der Waals surface area contributed by atoms with Gasteiger partial charge in [0.2, 0.25) is 11.8 Å². The zero-order valence-corrected chi connectivity index (χ0v) is 16.0. The molecule has 27 heavy (non-hydrogen) atoms. The number of nitrogens with zero attached hydrogens (tertiary/aromatic N) is 2. The molecule has 6 nitrogen and oxygen atoms in total. The van der Waals surface area contributed by atoms with E-state index in [1.807, 2.05) is 31.2 Å². The zero-order valence-electron chi connectivity index (χ0n) is 16.0. The van der Waals surface area contributed by atoms with E-state index in [2.05, 4.69) is 10.2 Å². The maximum absolute atomic E-state index is 12.7. The predicted molar refractivity (Wildman–Crippen MR) is 104 cm³/mol. The summed E-state index contributed by atoms with van der Waals surface area (Å²) < 4.78 is 5.65. The number of carbonyl (C=O) groups is 2. The summed E-state index contributed by atoms with van der Waals surface area (Å²) in [5, 5.41) is 3.20. The highest BCUT2D eigenvalue weighted by Gasteiger charge is 2.38. The molecule has 1 unspecified atom stereocenters. The van der Waals surface area contributed by atoms with Crippen LogP contribution in [0.25, 0.3) is 0 Å². The maximum atomic E-state index is 12.7. The molecule has 1 aromatic rings. The van der Waals surface area contributed by atoms with E-state index < -0.39 is 0 Å². The molecule has 0 spiro atoms. The number of hydrogen-bond acceptors (Lipinski definition) is 4. The number of amides is 2. The highest BCUT2D eigenvalue weighted by atomic mass is 16.5. The van der Waals surface area contributed by atoms with Crippen molar-refractivity contribution < 1.29 is 14.3 Å². The highest BCUT2D eigenvalue weighted by Crippen LogP contribution is 2.33. The zero-order chi connectivity index (χ0) is 18.8. The molecule has 146 valence electrons. The lowest BCUT2D eigenvalue weighted by Crippen LogP contribution is -2.47. The first kappa shape index (κ1) is 18.3. The largest absolute Gasteiger partial charge is 0.492 e. The molecule has 4 rings (SSSR count). The van der Waals surface area contributed by atoms with Crippen LogP contribution in [0.15, 0.2) is 24.3 Å². The van der Waals surface area contributed by atoms with Crippen LogP contribution in [0.4, 0.5) is 5.69 Å². The van der Waals surface area contributed by atoms with Crippen LogP contribution < -0.4 is 15.0 Å². The first-order valence-corrected chi connectivity index (χ1v) is 10.2. The van der Waals surface area contributed by atoms with Gasteiger partial charge in [-0.3, -0.25) is 9.59 Å². The molecule has 2 amide bonds. The van der Waals surface area contributed by atoms with Gasteiger partial charge in [-0.25, -0.2) is 0 Å². The fraction of sp³-hybridized carbons (Fsp3) is 0.619. The Hall–Kier alpha value is -2.08. The van der Waals surface area contributed by atoms with Crippen molar-refractivity contribution >= 4 is 17.5 Å². The SMILES string of the molecule is CCOc1ccccc1N1CC(C(=O)NC2CCN(C3CC3)CC2)CC1=O. The second kappa shape index (κ2) is 7.89. The number of piperidine rings is 1. The Morgan fingerprint density at radius 2 is 1.93 bits per heavy atom. The van der Waals surface area contributed by atoms with Crippen molar-refractivity contribution in [1.82, 2.24) is 10.2 Å². The van der Waals surface area contributed by atoms with Gasteiger partial charge in [-0.15, -0.1) is 0 Å². The predicted octanol–water partition coefficient (Wildman–Crippen LogP) is 2.18. The molecule has 0 radical (unpaired) electrons. The number of rotatable bonds is 6. The first-order chi connectivity index (χ1) is 13.2. The van der Waals surface area contributed by atoms with Gasteiger partial charge in [0.1, 0.15) is 5.75 Å². The van der Waals surface area contributed by atoms with Gasteiger partial charge in [0.05, 0.1) is 18.2 Å². The fourth-order valence-electron chi connectivity index (χ4n) is 4.24. The molecule has 1 atom stereocenters. The second-order valence-electron chi connectivity index (χ2n) is 7.86. The van der Waals surface area contributed by atoms with Gasteiger partial charge in [0, 0.05) is 38.1 Å². The van der Waals surface area contributed by atoms with Crippen LogP contribution in [-0.2, 0) is 9.59 Å². The molecule has 1 saturated carbocycles. The van der Waals surface area contributed by atoms with E-state index in [-0.39, 0.29) is 30.2 Å². The standard InChI is InChI=1S/C21H29N3O3/c1-2-27-19-6-4-3-5-18(19)24-14-15(13-20(24)25)21(26)22-16-9-11-23(12-10-16)17-7-8-17/h3-6,15-17H,2,7-14H2,1H3,(H,22,26). The minimum Gasteiger partial charge on any atom is -0.492 e. The van der Waals surface area contributed by atoms with Crippen LogP contribution in [0.5, 0.6) is 5.75 Å². The molecule has 1 N–H and O–H groups in total. The van der Waals surface area contributed by atoms with E-state index in [4.69, 9.17) is 4.74 Å². The molecular weight excluding hydrogens is 342 g/mol. The van der Waals surface area contributed by atoms with Gasteiger partial charge in [0.25, 0.3) is 0 Å². The number of carbonyl (C=O) groups excluding carboxylic acids is 2. The third kappa shape index (κ3) is 4.10. The van der Waals surface area contributed by atoms with Crippen LogP contribution in [0, 0.1) is 5.92 Å². The van der Waals surface area contributed by atoms with E-state index in [0.717, 1.165) is 37.7 Å². The van der Waals surface area contributed by atoms with Crippen LogP contribution in [0.2, 0.25) is 0 Å². The van der Waals surface area contributed by atoms with E-state index in [0.29, 0.717) is 18.9 Å². The van der Waals surface area contributed by atoms with E-state index in [1.165, 1.54) is 12.8 Å². The smallest absolute Gasteiger partial charge is 0.227 e. The number of anilines is 1. The fourth-order valence-corrected chi connectivity index (χ4v) is 4.24. The van der Waals surface area contributed by atoms with Crippen LogP contribution in [0.3, 0.4) is 0 Å². The Kier molecular flexibility index (Phi) is 5.34. The minimum atomic E-state index is -0.284. The van der Waals surface area contributed by atoms with Crippen molar-refractivity contribution in [2.75, 3.05) is 31.1 Å². The number of hydrogen-bond donors (Lipinski definition) is 1. The van der Waals surface area contributed by atoms with Gasteiger partial charge in [-0.1, -0.05) is 12.1 Å². The number of ether oxygens (including phenoxy) is 1. The highest BCUT2D eigenvalue weighted by molar-refractivity contribution is 6.01. The molecule has 1 aromatic carbocycles. The van der Waals surface area contributed by atoms with Crippen molar-refractivity contribution in [2.45, 2.75) is 51.1 Å². The lowest BCUT2D eigenvalue weighted by molar-refractivity contribution is -0.127. The quantitative estimate of drug-likeness (QED) is 0.833. The monoisotopic (exact) mass is 371 g/mol. The molecular formula is C21H29N3O3. The molecule has 6 heteroatoms. The number of para-hydroxylation sites is 2. The molecule has 2 saturated heterocycles. The van der Waals surface area contributed by atoms with Crippen molar-refractivity contribution in [2.24, 2.45) is 5.92 Å². The summed E-state index contributed by atoms with van der Waals surface area (Å²) in [5.74, 6) is 0.422. The average molecular weight is 371 g/mol. The molecule has 2 aliphatic heterocycles. The van der Waals surface area contributed by atoms with Crippen LogP contribution in [-0.4, -0.2) is 55.0 Å². The summed E-state index contributed by atoms with van der Waals surface area (Å²) in [7, 11) is 0. The molecule has 0 aromatic heterocycles. The van der Waals surface area contributed by atoms with Gasteiger partial charge >= 0.3 is 0 Å². The summed E-state index contributed by atoms with van der Waals surface area (Å²) in [6.45, 7) is 5.05. The Morgan fingerprint density at radius 3 is 2.63 bits per heavy atom. The average Bonchev–Trinajstić information content (AvgIpc) is 3.45. The van der Waals surface area contributed by atoms with Gasteiger partial charge in [-0.2, -0.15) is 0 Å². The van der Waals surface area contributed by atoms with Gasteiger partial charge in [0.15, 0.2) is 0 Å². The molecule has 1 aliphatic carbocycles. The van der Waals surface area contributed by atoms with Gasteiger partial charge in [-0.05, 0) is 44.7 Å². The van der Waals surface area contributed by atoms with E-state index >= 15 is 0 Å². The Bertz CT molecular complexity index is 696. The van der Waals surface area contributed by atoms with Gasteiger partial charge < -0.3 is 19.9 Å². The van der Waals surface area contributed by atoms with E-state index in [9.17, 15) is 9.59 Å². The Morgan fingerprint density at radius 1 is 1.19 bits per heavy atom. The van der Waals surface area contributed by atoms with Crippen LogP contribution >= 0.6 is 0 Å². The molecule has 3 aliphatic rings. The summed E-state index contributed by atoms with van der Waals surface area (Å²) in [6, 6.07) is 8.59. The van der Waals surface area contributed by atoms with Crippen molar-refractivity contribution in [1.29, 1.82) is 0 Å². The summed E-state index contributed by atoms with van der Waals surface area (Å²) in [4.78, 5) is 29.5. The molecule has 2 heterocycles. The third-order valence-electron chi connectivity index (χ3n) is 5.89. The lowest BCUT2D eigenvalue weighted by Gasteiger charge is -2.32. The number of likely N-dealkylation sites (tertiary alicyclic amines) is 1. The number of nitrogens with one attached hydrogen (secondary N) is 1.